The van der Waals surface area contributed by atoms with E-state index in [2.05, 4.69) is 4.89 Å². The Hall–Kier alpha value is -0.490. The third kappa shape index (κ3) is 2.73. The minimum atomic E-state index is -0.872. The van der Waals surface area contributed by atoms with Crippen molar-refractivity contribution in [2.24, 2.45) is 0 Å². The normalized spacial score (nSPS) is 23.0. The van der Waals surface area contributed by atoms with Gasteiger partial charge in [0.15, 0.2) is 17.7 Å². The molecule has 1 saturated heterocycles. The molecule has 1 N–H and O–H groups in total. The van der Waals surface area contributed by atoms with Gasteiger partial charge in [-0.15, -0.1) is 0 Å². The molecule has 0 aliphatic carbocycles. The van der Waals surface area contributed by atoms with E-state index >= 15 is 0 Å². The van der Waals surface area contributed by atoms with Crippen molar-refractivity contribution in [3.8, 4) is 0 Å². The maximum Gasteiger partial charge on any atom is 0.168 e. The summed E-state index contributed by atoms with van der Waals surface area (Å²) in [5, 5.41) is 8.44. The van der Waals surface area contributed by atoms with Crippen LogP contribution in [0.3, 0.4) is 0 Å². The van der Waals surface area contributed by atoms with Crippen molar-refractivity contribution < 1.29 is 24.4 Å². The average Bonchev–Trinajstić information content (AvgIpc) is 2.48. The van der Waals surface area contributed by atoms with Crippen molar-refractivity contribution in [1.29, 1.82) is 0 Å². The third-order valence-electron chi connectivity index (χ3n) is 2.03. The maximum atomic E-state index is 10.9. The molecule has 0 radical (unpaired) electrons. The molecule has 1 rings (SSSR count). The molecule has 1 aliphatic heterocycles. The molecule has 1 fully saturated rings. The van der Waals surface area contributed by atoms with Gasteiger partial charge in [0.2, 0.25) is 0 Å². The highest BCUT2D eigenvalue weighted by atomic mass is 17.1. The Morgan fingerprint density at radius 3 is 2.54 bits per heavy atom. The Balaban J connectivity index is 2.49. The topological polar surface area (TPSA) is 65.0 Å². The fourth-order valence-electron chi connectivity index (χ4n) is 1.27. The zero-order valence-corrected chi connectivity index (χ0v) is 7.78. The first-order valence-electron chi connectivity index (χ1n) is 4.16. The highest BCUT2D eigenvalue weighted by Crippen LogP contribution is 2.25. The van der Waals surface area contributed by atoms with E-state index in [9.17, 15) is 4.79 Å². The lowest BCUT2D eigenvalue weighted by molar-refractivity contribution is -0.288. The molecule has 1 heterocycles. The maximum absolute atomic E-state index is 10.9. The van der Waals surface area contributed by atoms with E-state index in [0.29, 0.717) is 13.2 Å². The Kier molecular flexibility index (Phi) is 3.38. The summed E-state index contributed by atoms with van der Waals surface area (Å²) in [6.45, 7) is 4.08. The van der Waals surface area contributed by atoms with Crippen LogP contribution in [-0.4, -0.2) is 36.1 Å². The molecular formula is C8H14O5. The lowest BCUT2D eigenvalue weighted by Crippen LogP contribution is -2.35. The summed E-state index contributed by atoms with van der Waals surface area (Å²) in [5.74, 6) is -1.05. The van der Waals surface area contributed by atoms with Crippen molar-refractivity contribution >= 4 is 5.78 Å². The van der Waals surface area contributed by atoms with Crippen molar-refractivity contribution in [2.45, 2.75) is 32.2 Å². The second kappa shape index (κ2) is 4.15. The molecule has 0 aromatic rings. The van der Waals surface area contributed by atoms with Crippen LogP contribution in [0.4, 0.5) is 0 Å². The van der Waals surface area contributed by atoms with E-state index in [-0.39, 0.29) is 12.2 Å². The number of carbonyl (C=O) groups is 1. The van der Waals surface area contributed by atoms with Crippen LogP contribution in [0.25, 0.3) is 0 Å². The molecule has 1 atom stereocenters. The van der Waals surface area contributed by atoms with Gasteiger partial charge in [0.25, 0.3) is 0 Å². The average molecular weight is 190 g/mol. The van der Waals surface area contributed by atoms with Crippen molar-refractivity contribution in [1.82, 2.24) is 0 Å². The van der Waals surface area contributed by atoms with Gasteiger partial charge in [0, 0.05) is 6.42 Å². The van der Waals surface area contributed by atoms with Crippen LogP contribution in [0.2, 0.25) is 0 Å². The smallest absolute Gasteiger partial charge is 0.168 e. The summed E-state index contributed by atoms with van der Waals surface area (Å²) in [5.41, 5.74) is 0. The minimum absolute atomic E-state index is 0.207. The number of ether oxygens (including phenoxy) is 2. The standard InChI is InChI=1S/C8H14O5/c1-6(9)7(13-10)5-8(2)11-3-4-12-8/h7,10H,3-5H2,1-2H3. The number of hydrogen-bond donors (Lipinski definition) is 1. The van der Waals surface area contributed by atoms with Gasteiger partial charge >= 0.3 is 0 Å². The van der Waals surface area contributed by atoms with Crippen molar-refractivity contribution in [3.63, 3.8) is 0 Å². The van der Waals surface area contributed by atoms with Gasteiger partial charge in [0.05, 0.1) is 13.2 Å². The van der Waals surface area contributed by atoms with Crippen LogP contribution in [0.5, 0.6) is 0 Å². The molecule has 13 heavy (non-hydrogen) atoms. The largest absolute Gasteiger partial charge is 0.348 e. The predicted octanol–water partition coefficient (Wildman–Crippen LogP) is 0.587. The Morgan fingerprint density at radius 2 is 2.15 bits per heavy atom. The number of ketones is 1. The lowest BCUT2D eigenvalue weighted by atomic mass is 10.1. The summed E-state index contributed by atoms with van der Waals surface area (Å²) in [6, 6.07) is 0. The van der Waals surface area contributed by atoms with E-state index in [1.54, 1.807) is 6.92 Å². The van der Waals surface area contributed by atoms with Crippen molar-refractivity contribution in [3.05, 3.63) is 0 Å². The highest BCUT2D eigenvalue weighted by molar-refractivity contribution is 5.80. The van der Waals surface area contributed by atoms with Crippen LogP contribution in [0.1, 0.15) is 20.3 Å². The molecule has 5 heteroatoms. The molecule has 0 amide bonds. The molecule has 0 aromatic carbocycles. The van der Waals surface area contributed by atoms with E-state index in [4.69, 9.17) is 14.7 Å². The third-order valence-corrected chi connectivity index (χ3v) is 2.03. The number of Topliss-reactive ketones (excluding diaryl/α,β-unsaturated/α-hetero) is 1. The quantitative estimate of drug-likeness (QED) is 0.519. The first-order chi connectivity index (χ1) is 6.07. The highest BCUT2D eigenvalue weighted by Gasteiger charge is 2.36. The fourth-order valence-corrected chi connectivity index (χ4v) is 1.27. The zero-order valence-electron chi connectivity index (χ0n) is 7.78. The summed E-state index contributed by atoms with van der Waals surface area (Å²) in [6.07, 6.45) is -0.665. The first-order valence-corrected chi connectivity index (χ1v) is 4.16. The predicted molar refractivity (Wildman–Crippen MR) is 43.1 cm³/mol. The summed E-state index contributed by atoms with van der Waals surface area (Å²) < 4.78 is 10.5. The monoisotopic (exact) mass is 190 g/mol. The van der Waals surface area contributed by atoms with Gasteiger partial charge in [-0.1, -0.05) is 0 Å². The SMILES string of the molecule is CC(=O)C(CC1(C)OCCO1)OO. The summed E-state index contributed by atoms with van der Waals surface area (Å²) in [4.78, 5) is 14.9. The number of hydrogen-bond acceptors (Lipinski definition) is 5. The van der Waals surface area contributed by atoms with Gasteiger partial charge < -0.3 is 9.47 Å². The summed E-state index contributed by atoms with van der Waals surface area (Å²) >= 11 is 0. The van der Waals surface area contributed by atoms with Crippen LogP contribution < -0.4 is 0 Å². The summed E-state index contributed by atoms with van der Waals surface area (Å²) in [7, 11) is 0. The van der Waals surface area contributed by atoms with Crippen LogP contribution >= 0.6 is 0 Å². The molecule has 0 saturated carbocycles. The van der Waals surface area contributed by atoms with Crippen LogP contribution in [0.15, 0.2) is 0 Å². The van der Waals surface area contributed by atoms with Gasteiger partial charge in [-0.25, -0.2) is 4.89 Å². The molecule has 5 nitrogen and oxygen atoms in total. The zero-order chi connectivity index (χ0) is 9.90. The molecule has 76 valence electrons. The molecular weight excluding hydrogens is 176 g/mol. The molecule has 0 spiro atoms. The van der Waals surface area contributed by atoms with Gasteiger partial charge in [0.1, 0.15) is 0 Å². The lowest BCUT2D eigenvalue weighted by Gasteiger charge is -2.24. The van der Waals surface area contributed by atoms with Gasteiger partial charge in [-0.05, 0) is 13.8 Å². The molecule has 0 aromatic heterocycles. The van der Waals surface area contributed by atoms with Crippen molar-refractivity contribution in [2.75, 3.05) is 13.2 Å². The Bertz CT molecular complexity index is 185. The van der Waals surface area contributed by atoms with Crippen LogP contribution in [-0.2, 0) is 19.2 Å². The molecule has 1 unspecified atom stereocenters. The minimum Gasteiger partial charge on any atom is -0.348 e. The second-order valence-electron chi connectivity index (χ2n) is 3.24. The van der Waals surface area contributed by atoms with E-state index < -0.39 is 11.9 Å². The van der Waals surface area contributed by atoms with Gasteiger partial charge in [-0.3, -0.25) is 10.1 Å². The Labute approximate surface area is 76.5 Å². The second-order valence-corrected chi connectivity index (χ2v) is 3.24. The molecule has 0 bridgehead atoms. The van der Waals surface area contributed by atoms with E-state index in [1.165, 1.54) is 6.92 Å². The van der Waals surface area contributed by atoms with E-state index in [0.717, 1.165) is 0 Å². The van der Waals surface area contributed by atoms with Gasteiger partial charge in [-0.2, -0.15) is 0 Å². The number of rotatable bonds is 4. The Morgan fingerprint density at radius 1 is 1.62 bits per heavy atom. The van der Waals surface area contributed by atoms with E-state index in [1.807, 2.05) is 0 Å². The number of carbonyl (C=O) groups excluding carboxylic acids is 1. The first kappa shape index (κ1) is 10.6. The van der Waals surface area contributed by atoms with Crippen LogP contribution in [0, 0.1) is 0 Å². The molecule has 1 aliphatic rings. The fraction of sp³-hybridized carbons (Fsp3) is 0.875.